The van der Waals surface area contributed by atoms with Gasteiger partial charge in [0.25, 0.3) is 5.56 Å². The molecule has 3 heterocycles. The van der Waals surface area contributed by atoms with E-state index < -0.39 is 47.5 Å². The van der Waals surface area contributed by atoms with Crippen molar-refractivity contribution in [1.82, 2.24) is 25.1 Å². The van der Waals surface area contributed by atoms with Crippen molar-refractivity contribution < 1.29 is 37.7 Å². The van der Waals surface area contributed by atoms with Crippen molar-refractivity contribution >= 4 is 17.7 Å². The molecule has 6 rings (SSSR count). The first-order chi connectivity index (χ1) is 24.9. The number of carbonyl (C=O) groups excluding carboxylic acids is 2. The summed E-state index contributed by atoms with van der Waals surface area (Å²) >= 11 is 0. The van der Waals surface area contributed by atoms with E-state index in [0.717, 1.165) is 21.9 Å². The summed E-state index contributed by atoms with van der Waals surface area (Å²) in [6.07, 6.45) is -1.19. The Morgan fingerprint density at radius 3 is 2.48 bits per heavy atom. The normalized spacial score (nSPS) is 13.4. The molecule has 2 amide bonds. The highest BCUT2D eigenvalue weighted by Crippen LogP contribution is 2.39. The molecule has 2 aromatic heterocycles. The first-order valence-electron chi connectivity index (χ1n) is 16.5. The quantitative estimate of drug-likeness (QED) is 0.156. The minimum atomic E-state index is -1.42. The average molecular weight is 713 g/mol. The summed E-state index contributed by atoms with van der Waals surface area (Å²) in [6, 6.07) is 18.7. The van der Waals surface area contributed by atoms with Crippen molar-refractivity contribution in [3.05, 3.63) is 118 Å². The van der Waals surface area contributed by atoms with E-state index in [1.54, 1.807) is 44.2 Å². The fourth-order valence-corrected chi connectivity index (χ4v) is 5.58. The van der Waals surface area contributed by atoms with Crippen LogP contribution in [0.4, 0.5) is 14.9 Å². The predicted molar refractivity (Wildman–Crippen MR) is 185 cm³/mol. The lowest BCUT2D eigenvalue weighted by Crippen LogP contribution is -2.45. The van der Waals surface area contributed by atoms with E-state index in [0.29, 0.717) is 17.1 Å². The van der Waals surface area contributed by atoms with E-state index in [4.69, 9.17) is 18.6 Å². The number of nitrogens with zero attached hydrogens (tertiary/aromatic N) is 4. The monoisotopic (exact) mass is 712 g/mol. The van der Waals surface area contributed by atoms with Crippen LogP contribution in [0.2, 0.25) is 0 Å². The van der Waals surface area contributed by atoms with Crippen LogP contribution in [0, 0.1) is 11.7 Å². The van der Waals surface area contributed by atoms with E-state index >= 15 is 0 Å². The second-order valence-electron chi connectivity index (χ2n) is 13.0. The van der Waals surface area contributed by atoms with Crippen molar-refractivity contribution in [3.63, 3.8) is 0 Å². The molecule has 14 nitrogen and oxygen atoms in total. The third-order valence-corrected chi connectivity index (χ3v) is 8.61. The Labute approximate surface area is 297 Å². The van der Waals surface area contributed by atoms with Crippen LogP contribution in [0.1, 0.15) is 56.7 Å². The third-order valence-electron chi connectivity index (χ3n) is 8.61. The highest BCUT2D eigenvalue weighted by Gasteiger charge is 2.35. The number of hydrogen-bond acceptors (Lipinski definition) is 11. The molecule has 1 aliphatic rings. The van der Waals surface area contributed by atoms with Gasteiger partial charge in [-0.1, -0.05) is 50.2 Å². The number of aliphatic hydroxyl groups is 1. The summed E-state index contributed by atoms with van der Waals surface area (Å²) in [5.41, 5.74) is 0.0977. The Bertz CT molecular complexity index is 2120. The molecule has 0 radical (unpaired) electrons. The topological polar surface area (TPSA) is 180 Å². The van der Waals surface area contributed by atoms with Crippen LogP contribution in [0.5, 0.6) is 11.5 Å². The first-order valence-corrected chi connectivity index (χ1v) is 16.5. The molecular formula is C37H37FN6O8. The second-order valence-corrected chi connectivity index (χ2v) is 13.0. The van der Waals surface area contributed by atoms with Gasteiger partial charge >= 0.3 is 6.09 Å². The van der Waals surface area contributed by atoms with Crippen LogP contribution >= 0.6 is 0 Å². The fraction of sp³-hybridized carbons (Fsp3) is 0.297. The fourth-order valence-electron chi connectivity index (χ4n) is 5.58. The van der Waals surface area contributed by atoms with Crippen LogP contribution in [0.25, 0.3) is 11.4 Å². The van der Waals surface area contributed by atoms with Gasteiger partial charge in [0.15, 0.2) is 17.6 Å². The lowest BCUT2D eigenvalue weighted by molar-refractivity contribution is -0.124. The third kappa shape index (κ3) is 7.78. The highest BCUT2D eigenvalue weighted by atomic mass is 19.1. The number of aliphatic hydroxyl groups excluding tert-OH is 1. The second kappa shape index (κ2) is 15.0. The summed E-state index contributed by atoms with van der Waals surface area (Å²) in [5, 5.41) is 24.9. The van der Waals surface area contributed by atoms with E-state index in [9.17, 15) is 23.9 Å². The van der Waals surface area contributed by atoms with Gasteiger partial charge in [-0.25, -0.2) is 14.2 Å². The smallest absolute Gasteiger partial charge is 0.412 e. The maximum atomic E-state index is 13.8. The van der Waals surface area contributed by atoms with Gasteiger partial charge in [-0.05, 0) is 67.3 Å². The summed E-state index contributed by atoms with van der Waals surface area (Å²) in [5.74, 6) is -0.150. The van der Waals surface area contributed by atoms with Crippen molar-refractivity contribution in [1.29, 1.82) is 0 Å². The molecule has 15 heteroatoms. The Hall–Kier alpha value is -6.09. The van der Waals surface area contributed by atoms with Crippen molar-refractivity contribution in [2.24, 2.45) is 5.92 Å². The summed E-state index contributed by atoms with van der Waals surface area (Å²) in [6.45, 7) is 6.84. The molecule has 0 aliphatic carbocycles. The van der Waals surface area contributed by atoms with E-state index in [1.165, 1.54) is 24.3 Å². The van der Waals surface area contributed by atoms with E-state index in [1.807, 2.05) is 32.0 Å². The number of halogens is 1. The summed E-state index contributed by atoms with van der Waals surface area (Å²) < 4.78 is 36.9. The molecule has 3 N–H and O–H groups in total. The van der Waals surface area contributed by atoms with Gasteiger partial charge in [0.2, 0.25) is 24.5 Å². The molecule has 1 aliphatic heterocycles. The number of rotatable bonds is 12. The lowest BCUT2D eigenvalue weighted by atomic mass is 9.84. The van der Waals surface area contributed by atoms with E-state index in [2.05, 4.69) is 25.8 Å². The molecule has 2 atom stereocenters. The minimum absolute atomic E-state index is 0.0392. The Morgan fingerprint density at radius 1 is 1.02 bits per heavy atom. The molecule has 3 aromatic carbocycles. The molecular weight excluding hydrogens is 675 g/mol. The number of benzene rings is 3. The number of carbonyl (C=O) groups is 2. The molecule has 0 saturated heterocycles. The zero-order valence-electron chi connectivity index (χ0n) is 28.8. The number of nitrogens with one attached hydrogen (secondary N) is 2. The average Bonchev–Trinajstić information content (AvgIpc) is 3.83. The van der Waals surface area contributed by atoms with Gasteiger partial charge in [-0.15, -0.1) is 10.2 Å². The first kappa shape index (κ1) is 35.7. The van der Waals surface area contributed by atoms with Gasteiger partial charge in [0, 0.05) is 5.56 Å². The Morgan fingerprint density at radius 2 is 1.75 bits per heavy atom. The standard InChI is InChI=1S/C37H37FN6O8/c1-21(2)30(31(46)33-42-43-35(52-33)37(3,4)24-12-15-27-28(16-24)51-20-50-27)41-29(45)18-44-32(23-10-13-25(38)14-11-23)39-17-26(34(44)47)40-36(48)49-19-22-8-6-5-7-9-22/h5-17,21,30-31,46H,18-20H2,1-4H3,(H,40,48)(H,41,45)/t30-,31?/m0/s1. The molecule has 52 heavy (non-hydrogen) atoms. The zero-order valence-corrected chi connectivity index (χ0v) is 28.8. The predicted octanol–water partition coefficient (Wildman–Crippen LogP) is 5.11. The molecule has 1 unspecified atom stereocenters. The summed E-state index contributed by atoms with van der Waals surface area (Å²) in [4.78, 5) is 44.3. The van der Waals surface area contributed by atoms with Crippen molar-refractivity contribution in [3.8, 4) is 22.9 Å². The highest BCUT2D eigenvalue weighted by molar-refractivity contribution is 5.84. The molecule has 0 spiro atoms. The van der Waals surface area contributed by atoms with Gasteiger partial charge in [-0.2, -0.15) is 0 Å². The molecule has 0 bridgehead atoms. The lowest BCUT2D eigenvalue weighted by Gasteiger charge is -2.26. The number of ether oxygens (including phenoxy) is 3. The Kier molecular flexibility index (Phi) is 10.3. The van der Waals surface area contributed by atoms with Gasteiger partial charge in [0.1, 0.15) is 30.5 Å². The summed E-state index contributed by atoms with van der Waals surface area (Å²) in [7, 11) is 0. The minimum Gasteiger partial charge on any atom is -0.454 e. The van der Waals surface area contributed by atoms with Crippen LogP contribution < -0.4 is 25.7 Å². The van der Waals surface area contributed by atoms with Gasteiger partial charge < -0.3 is 29.1 Å². The van der Waals surface area contributed by atoms with Crippen LogP contribution in [0.15, 0.2) is 88.2 Å². The maximum Gasteiger partial charge on any atom is 0.412 e. The Balaban J connectivity index is 1.21. The van der Waals surface area contributed by atoms with Crippen LogP contribution in [-0.2, 0) is 28.1 Å². The molecule has 0 fully saturated rings. The SMILES string of the molecule is CC(C)[C@H](NC(=O)Cn1c(-c2ccc(F)cc2)ncc(NC(=O)OCc2ccccc2)c1=O)C(O)c1nnc(C(C)(C)c2ccc3c(c2)OCO3)o1. The number of aromatic nitrogens is 4. The number of hydrogen-bond donors (Lipinski definition) is 3. The number of anilines is 1. The van der Waals surface area contributed by atoms with Crippen LogP contribution in [0.3, 0.4) is 0 Å². The molecule has 270 valence electrons. The van der Waals surface area contributed by atoms with Gasteiger partial charge in [-0.3, -0.25) is 19.5 Å². The molecule has 0 saturated carbocycles. The maximum absolute atomic E-state index is 13.8. The largest absolute Gasteiger partial charge is 0.454 e. The van der Waals surface area contributed by atoms with E-state index in [-0.39, 0.29) is 42.6 Å². The zero-order chi connectivity index (χ0) is 37.0. The van der Waals surface area contributed by atoms with Crippen molar-refractivity contribution in [2.45, 2.75) is 58.4 Å². The number of amides is 2. The van der Waals surface area contributed by atoms with Crippen LogP contribution in [-0.4, -0.2) is 49.7 Å². The number of fused-ring (bicyclic) bond motifs is 1. The molecule has 5 aromatic rings. The van der Waals surface area contributed by atoms with Gasteiger partial charge in [0.05, 0.1) is 17.7 Å². The van der Waals surface area contributed by atoms with Crippen molar-refractivity contribution in [2.75, 3.05) is 12.1 Å².